The van der Waals surface area contributed by atoms with Gasteiger partial charge < -0.3 is 8.98 Å². The molecule has 0 N–H and O–H groups in total. The third-order valence-electron chi connectivity index (χ3n) is 11.8. The smallest absolute Gasteiger partial charge is 0.164 e. The van der Waals surface area contributed by atoms with Crippen molar-refractivity contribution < 1.29 is 4.42 Å². The maximum absolute atomic E-state index is 6.68. The summed E-state index contributed by atoms with van der Waals surface area (Å²) in [5.41, 5.74) is 14.6. The van der Waals surface area contributed by atoms with Crippen molar-refractivity contribution in [3.8, 4) is 73.2 Å². The number of nitrogens with zero attached hydrogens (tertiary/aromatic N) is 4. The lowest BCUT2D eigenvalue weighted by Gasteiger charge is -2.10. The normalized spacial score (nSPS) is 11.5. The highest BCUT2D eigenvalue weighted by Crippen LogP contribution is 2.42. The number of furan rings is 1. The van der Waals surface area contributed by atoms with Crippen LogP contribution in [0.4, 0.5) is 0 Å². The van der Waals surface area contributed by atoms with E-state index in [0.29, 0.717) is 17.5 Å². The van der Waals surface area contributed by atoms with Crippen LogP contribution in [0.2, 0.25) is 0 Å². The zero-order chi connectivity index (χ0) is 41.0. The molecule has 0 aliphatic rings. The number of para-hydroxylation sites is 1. The van der Waals surface area contributed by atoms with Gasteiger partial charge in [0.25, 0.3) is 0 Å². The lowest BCUT2D eigenvalue weighted by Crippen LogP contribution is -2.00. The third-order valence-corrected chi connectivity index (χ3v) is 11.8. The Morgan fingerprint density at radius 3 is 1.45 bits per heavy atom. The maximum Gasteiger partial charge on any atom is 0.164 e. The van der Waals surface area contributed by atoms with Crippen LogP contribution >= 0.6 is 0 Å². The summed E-state index contributed by atoms with van der Waals surface area (Å²) in [7, 11) is 0. The van der Waals surface area contributed by atoms with E-state index in [1.165, 1.54) is 27.4 Å². The Kier molecular flexibility index (Phi) is 8.42. The second-order valence-corrected chi connectivity index (χ2v) is 15.6. The molecule has 12 aromatic rings. The number of hydrogen-bond acceptors (Lipinski definition) is 4. The van der Waals surface area contributed by atoms with E-state index in [9.17, 15) is 0 Å². The van der Waals surface area contributed by atoms with Gasteiger partial charge in [-0.1, -0.05) is 158 Å². The fourth-order valence-electron chi connectivity index (χ4n) is 8.88. The van der Waals surface area contributed by atoms with Crippen LogP contribution in [0.1, 0.15) is 0 Å². The van der Waals surface area contributed by atoms with Crippen molar-refractivity contribution in [3.05, 3.63) is 218 Å². The van der Waals surface area contributed by atoms with Crippen molar-refractivity contribution in [2.75, 3.05) is 0 Å². The van der Waals surface area contributed by atoms with Crippen LogP contribution in [0.25, 0.3) is 117 Å². The summed E-state index contributed by atoms with van der Waals surface area (Å²) < 4.78 is 9.05. The van der Waals surface area contributed by atoms with Crippen molar-refractivity contribution in [2.24, 2.45) is 0 Å². The summed E-state index contributed by atoms with van der Waals surface area (Å²) in [4.78, 5) is 15.1. The van der Waals surface area contributed by atoms with Gasteiger partial charge in [0, 0.05) is 43.9 Å². The monoisotopic (exact) mass is 792 g/mol. The molecular formula is C57H36N4O. The van der Waals surface area contributed by atoms with Gasteiger partial charge in [-0.25, -0.2) is 15.0 Å². The van der Waals surface area contributed by atoms with Crippen molar-refractivity contribution >= 4 is 43.7 Å². The molecule has 0 fully saturated rings. The molecule has 62 heavy (non-hydrogen) atoms. The van der Waals surface area contributed by atoms with Gasteiger partial charge in [-0.05, 0) is 94.0 Å². The zero-order valence-electron chi connectivity index (χ0n) is 33.5. The van der Waals surface area contributed by atoms with Gasteiger partial charge in [0.1, 0.15) is 11.2 Å². The largest absolute Gasteiger partial charge is 0.456 e. The van der Waals surface area contributed by atoms with Crippen molar-refractivity contribution in [1.82, 2.24) is 19.5 Å². The molecule has 0 unspecified atom stereocenters. The summed E-state index contributed by atoms with van der Waals surface area (Å²) in [6, 6.07) is 76.4. The highest BCUT2D eigenvalue weighted by molar-refractivity contribution is 6.16. The molecule has 3 aromatic heterocycles. The third kappa shape index (κ3) is 6.14. The molecule has 0 spiro atoms. The number of rotatable bonds is 7. The first-order valence-corrected chi connectivity index (χ1v) is 20.8. The van der Waals surface area contributed by atoms with Gasteiger partial charge in [-0.15, -0.1) is 0 Å². The molecule has 0 atom stereocenters. The van der Waals surface area contributed by atoms with Gasteiger partial charge in [-0.2, -0.15) is 0 Å². The minimum absolute atomic E-state index is 0.580. The molecule has 3 heterocycles. The summed E-state index contributed by atoms with van der Waals surface area (Å²) in [6.07, 6.45) is 0. The fraction of sp³-hybridized carbons (Fsp3) is 0. The standard InChI is InChI=1S/C57H36N4O/c1-5-15-37(16-6-1)40-21-13-22-43(33-40)56-58-55(39-19-9-3-10-20-39)59-57(60-56)44-27-30-47-53(36-44)62-52-26-14-25-46(54(47)52)42-29-32-51-49(35-42)48-34-41(38-17-7-2-8-18-38)28-31-50(48)61(51)45-23-11-4-12-24-45/h1-36H. The van der Waals surface area contributed by atoms with E-state index in [2.05, 4.69) is 187 Å². The molecule has 0 bridgehead atoms. The second kappa shape index (κ2) is 14.7. The molecule has 9 aromatic carbocycles. The zero-order valence-corrected chi connectivity index (χ0v) is 33.5. The summed E-state index contributed by atoms with van der Waals surface area (Å²) >= 11 is 0. The van der Waals surface area contributed by atoms with Crippen LogP contribution in [-0.4, -0.2) is 19.5 Å². The van der Waals surface area contributed by atoms with Gasteiger partial charge in [-0.3, -0.25) is 0 Å². The van der Waals surface area contributed by atoms with Crippen LogP contribution in [0.5, 0.6) is 0 Å². The summed E-state index contributed by atoms with van der Waals surface area (Å²) in [6.45, 7) is 0. The highest BCUT2D eigenvalue weighted by atomic mass is 16.3. The Morgan fingerprint density at radius 1 is 0.306 bits per heavy atom. The average Bonchev–Trinajstić information content (AvgIpc) is 3.90. The first-order chi connectivity index (χ1) is 30.7. The lowest BCUT2D eigenvalue weighted by atomic mass is 9.97. The first-order valence-electron chi connectivity index (χ1n) is 20.8. The van der Waals surface area contributed by atoms with Gasteiger partial charge in [0.15, 0.2) is 17.5 Å². The molecular weight excluding hydrogens is 757 g/mol. The molecule has 0 saturated carbocycles. The first kappa shape index (κ1) is 35.5. The molecule has 5 heteroatoms. The van der Waals surface area contributed by atoms with E-state index >= 15 is 0 Å². The van der Waals surface area contributed by atoms with Crippen molar-refractivity contribution in [3.63, 3.8) is 0 Å². The number of fused-ring (bicyclic) bond motifs is 6. The Bertz CT molecular complexity index is 3610. The minimum atomic E-state index is 0.580. The van der Waals surface area contributed by atoms with Crippen LogP contribution in [0.15, 0.2) is 223 Å². The summed E-state index contributed by atoms with van der Waals surface area (Å²) in [5, 5.41) is 4.51. The Labute approximate surface area is 357 Å². The van der Waals surface area contributed by atoms with E-state index in [1.54, 1.807) is 0 Å². The van der Waals surface area contributed by atoms with E-state index < -0.39 is 0 Å². The van der Waals surface area contributed by atoms with Crippen LogP contribution in [-0.2, 0) is 0 Å². The molecule has 5 nitrogen and oxygen atoms in total. The minimum Gasteiger partial charge on any atom is -0.456 e. The van der Waals surface area contributed by atoms with Gasteiger partial charge in [0.05, 0.1) is 11.0 Å². The topological polar surface area (TPSA) is 56.7 Å². The van der Waals surface area contributed by atoms with Crippen molar-refractivity contribution in [1.29, 1.82) is 0 Å². The second-order valence-electron chi connectivity index (χ2n) is 15.6. The molecule has 290 valence electrons. The highest BCUT2D eigenvalue weighted by Gasteiger charge is 2.19. The molecule has 0 aliphatic heterocycles. The quantitative estimate of drug-likeness (QED) is 0.161. The van der Waals surface area contributed by atoms with E-state index in [-0.39, 0.29) is 0 Å². The predicted octanol–water partition coefficient (Wildman–Crippen LogP) is 14.9. The van der Waals surface area contributed by atoms with Crippen LogP contribution in [0.3, 0.4) is 0 Å². The number of aromatic nitrogens is 4. The Morgan fingerprint density at radius 2 is 0.790 bits per heavy atom. The van der Waals surface area contributed by atoms with Gasteiger partial charge >= 0.3 is 0 Å². The average molecular weight is 793 g/mol. The Hall–Kier alpha value is -8.41. The van der Waals surface area contributed by atoms with Crippen LogP contribution in [0, 0.1) is 0 Å². The summed E-state index contributed by atoms with van der Waals surface area (Å²) in [5.74, 6) is 1.80. The van der Waals surface area contributed by atoms with E-state index in [4.69, 9.17) is 19.4 Å². The lowest BCUT2D eigenvalue weighted by molar-refractivity contribution is 0.669. The van der Waals surface area contributed by atoms with E-state index in [0.717, 1.165) is 72.1 Å². The predicted molar refractivity (Wildman–Crippen MR) is 254 cm³/mol. The van der Waals surface area contributed by atoms with Gasteiger partial charge in [0.2, 0.25) is 0 Å². The number of benzene rings is 9. The van der Waals surface area contributed by atoms with E-state index in [1.807, 2.05) is 36.4 Å². The number of hydrogen-bond donors (Lipinski definition) is 0. The molecule has 12 rings (SSSR count). The molecule has 0 amide bonds. The fourth-order valence-corrected chi connectivity index (χ4v) is 8.88. The Balaban J connectivity index is 0.996. The molecule has 0 aliphatic carbocycles. The van der Waals surface area contributed by atoms with Crippen molar-refractivity contribution in [2.45, 2.75) is 0 Å². The maximum atomic E-state index is 6.68. The van der Waals surface area contributed by atoms with Crippen LogP contribution < -0.4 is 0 Å². The molecule has 0 radical (unpaired) electrons. The SMILES string of the molecule is c1ccc(-c2cccc(-c3nc(-c4ccccc4)nc(-c4ccc5c(c4)oc4cccc(-c6ccc7c(c6)c6cc(-c8ccccc8)ccc6n7-c6ccccc6)c45)n3)c2)cc1. The molecule has 0 saturated heterocycles.